The Morgan fingerprint density at radius 2 is 2.22 bits per heavy atom. The molecule has 0 aliphatic carbocycles. The van der Waals surface area contributed by atoms with Crippen LogP contribution in [0.2, 0.25) is 10.0 Å². The summed E-state index contributed by atoms with van der Waals surface area (Å²) < 4.78 is 5.55. The molecule has 9 heteroatoms. The van der Waals surface area contributed by atoms with Gasteiger partial charge in [-0.15, -0.1) is 0 Å². The highest BCUT2D eigenvalue weighted by Gasteiger charge is 2.26. The molecule has 32 heavy (non-hydrogen) atoms. The molecule has 0 spiro atoms. The van der Waals surface area contributed by atoms with Crippen molar-refractivity contribution in [3.05, 3.63) is 57.1 Å². The topological polar surface area (TPSA) is 87.6 Å². The lowest BCUT2D eigenvalue weighted by atomic mass is 9.92. The smallest absolute Gasteiger partial charge is 0.318 e. The molecule has 3 heterocycles. The van der Waals surface area contributed by atoms with Gasteiger partial charge in [-0.25, -0.2) is 14.8 Å². The maximum Gasteiger partial charge on any atom is 0.318 e. The molecule has 172 valence electrons. The van der Waals surface area contributed by atoms with Gasteiger partial charge in [0.05, 0.1) is 41.0 Å². The molecular formula is C23H28Cl2N4O3. The third-order valence-corrected chi connectivity index (χ3v) is 6.96. The van der Waals surface area contributed by atoms with Crippen molar-refractivity contribution in [3.8, 4) is 0 Å². The van der Waals surface area contributed by atoms with Crippen LogP contribution >= 0.6 is 23.2 Å². The van der Waals surface area contributed by atoms with Crippen molar-refractivity contribution < 1.29 is 14.6 Å². The molecule has 3 atom stereocenters. The number of aromatic nitrogens is 2. The minimum Gasteiger partial charge on any atom is -0.394 e. The van der Waals surface area contributed by atoms with Gasteiger partial charge in [-0.2, -0.15) is 0 Å². The number of rotatable bonds is 5. The standard InChI is InChI=1S/C23H28Cl2N4O3/c1-14(16-2-3-19(24)20(25)10-16)27-23(31)29-6-4-17-11-26-22(28-21(17)12-29)9-15-5-7-32-18(8-15)13-30/h2-3,10-11,14-15,18,30H,4-9,12-13H2,1H3,(H,27,31)/t14-,15+,18-/m1/s1. The molecule has 4 rings (SSSR count). The van der Waals surface area contributed by atoms with E-state index >= 15 is 0 Å². The second kappa shape index (κ2) is 10.3. The van der Waals surface area contributed by atoms with Crippen molar-refractivity contribution in [3.63, 3.8) is 0 Å². The summed E-state index contributed by atoms with van der Waals surface area (Å²) in [6.07, 6.45) is 5.05. The monoisotopic (exact) mass is 478 g/mol. The first-order valence-electron chi connectivity index (χ1n) is 11.0. The normalized spacial score (nSPS) is 21.7. The highest BCUT2D eigenvalue weighted by atomic mass is 35.5. The number of hydrogen-bond acceptors (Lipinski definition) is 5. The number of ether oxygens (including phenoxy) is 1. The number of nitrogens with one attached hydrogen (secondary N) is 1. The summed E-state index contributed by atoms with van der Waals surface area (Å²) in [5, 5.41) is 13.4. The van der Waals surface area contributed by atoms with E-state index in [4.69, 9.17) is 32.9 Å². The van der Waals surface area contributed by atoms with Crippen molar-refractivity contribution >= 4 is 29.2 Å². The Balaban J connectivity index is 1.38. The van der Waals surface area contributed by atoms with E-state index in [2.05, 4.69) is 10.3 Å². The van der Waals surface area contributed by atoms with Crippen LogP contribution in [0.25, 0.3) is 0 Å². The van der Waals surface area contributed by atoms with Crippen molar-refractivity contribution in [2.24, 2.45) is 5.92 Å². The summed E-state index contributed by atoms with van der Waals surface area (Å²) in [6, 6.07) is 5.04. The van der Waals surface area contributed by atoms with Gasteiger partial charge in [-0.05, 0) is 55.4 Å². The molecule has 2 amide bonds. The van der Waals surface area contributed by atoms with Crippen molar-refractivity contribution in [2.75, 3.05) is 19.8 Å². The summed E-state index contributed by atoms with van der Waals surface area (Å²) in [6.45, 7) is 3.70. The minimum absolute atomic E-state index is 0.0479. The average molecular weight is 479 g/mol. The lowest BCUT2D eigenvalue weighted by Gasteiger charge is -2.30. The van der Waals surface area contributed by atoms with Gasteiger partial charge in [0.25, 0.3) is 0 Å². The highest BCUT2D eigenvalue weighted by molar-refractivity contribution is 6.42. The summed E-state index contributed by atoms with van der Waals surface area (Å²) in [5.74, 6) is 1.19. The molecule has 0 unspecified atom stereocenters. The molecule has 2 aromatic rings. The van der Waals surface area contributed by atoms with E-state index in [0.29, 0.717) is 35.7 Å². The van der Waals surface area contributed by atoms with E-state index < -0.39 is 0 Å². The zero-order valence-electron chi connectivity index (χ0n) is 18.1. The molecule has 1 aromatic heterocycles. The van der Waals surface area contributed by atoms with Crippen LogP contribution in [0.5, 0.6) is 0 Å². The Kier molecular flexibility index (Phi) is 7.51. The van der Waals surface area contributed by atoms with E-state index in [1.165, 1.54) is 0 Å². The first kappa shape index (κ1) is 23.2. The predicted octanol–water partition coefficient (Wildman–Crippen LogP) is 3.94. The number of benzene rings is 1. The van der Waals surface area contributed by atoms with Crippen LogP contribution in [0.15, 0.2) is 24.4 Å². The molecule has 2 aliphatic rings. The highest BCUT2D eigenvalue weighted by Crippen LogP contribution is 2.27. The Hall–Kier alpha value is -1.93. The fourth-order valence-electron chi connectivity index (χ4n) is 4.29. The Labute approximate surface area is 198 Å². The van der Waals surface area contributed by atoms with Gasteiger partial charge in [0.1, 0.15) is 5.82 Å². The number of carbonyl (C=O) groups is 1. The summed E-state index contributed by atoms with van der Waals surface area (Å²) >= 11 is 12.1. The van der Waals surface area contributed by atoms with Crippen LogP contribution in [-0.2, 0) is 24.1 Å². The average Bonchev–Trinajstić information content (AvgIpc) is 2.80. The van der Waals surface area contributed by atoms with Crippen LogP contribution in [0.3, 0.4) is 0 Å². The minimum atomic E-state index is -0.201. The maximum atomic E-state index is 12.9. The fourth-order valence-corrected chi connectivity index (χ4v) is 4.59. The first-order chi connectivity index (χ1) is 15.4. The second-order valence-corrected chi connectivity index (χ2v) is 9.36. The second-order valence-electron chi connectivity index (χ2n) is 8.54. The summed E-state index contributed by atoms with van der Waals surface area (Å²) in [7, 11) is 0. The molecule has 2 aliphatic heterocycles. The molecule has 0 bridgehead atoms. The number of halogens is 2. The summed E-state index contributed by atoms with van der Waals surface area (Å²) in [4.78, 5) is 24.0. The largest absolute Gasteiger partial charge is 0.394 e. The Morgan fingerprint density at radius 3 is 3.00 bits per heavy atom. The quantitative estimate of drug-likeness (QED) is 0.679. The van der Waals surface area contributed by atoms with E-state index in [0.717, 1.165) is 48.3 Å². The number of aliphatic hydroxyl groups excluding tert-OH is 1. The van der Waals surface area contributed by atoms with Gasteiger partial charge >= 0.3 is 6.03 Å². The van der Waals surface area contributed by atoms with Gasteiger partial charge in [-0.1, -0.05) is 29.3 Å². The van der Waals surface area contributed by atoms with Crippen molar-refractivity contribution in [1.82, 2.24) is 20.2 Å². The van der Waals surface area contributed by atoms with E-state index in [1.54, 1.807) is 17.0 Å². The first-order valence-corrected chi connectivity index (χ1v) is 11.7. The number of amides is 2. The van der Waals surface area contributed by atoms with E-state index in [9.17, 15) is 9.90 Å². The van der Waals surface area contributed by atoms with Crippen LogP contribution in [0.1, 0.15) is 48.5 Å². The Bertz CT molecular complexity index is 974. The van der Waals surface area contributed by atoms with Crippen LogP contribution in [0.4, 0.5) is 4.79 Å². The molecule has 1 aromatic carbocycles. The summed E-state index contributed by atoms with van der Waals surface area (Å²) in [5.41, 5.74) is 2.90. The molecule has 1 fully saturated rings. The SMILES string of the molecule is C[C@@H](NC(=O)N1CCc2cnc(C[C@H]3CCO[C@@H](CO)C3)nc2C1)c1ccc(Cl)c(Cl)c1. The molecule has 0 radical (unpaired) electrons. The number of carbonyl (C=O) groups excluding carboxylic acids is 1. The zero-order chi connectivity index (χ0) is 22.7. The molecular weight excluding hydrogens is 451 g/mol. The van der Waals surface area contributed by atoms with E-state index in [1.807, 2.05) is 19.2 Å². The third-order valence-electron chi connectivity index (χ3n) is 6.22. The number of hydrogen-bond donors (Lipinski definition) is 2. The number of nitrogens with zero attached hydrogens (tertiary/aromatic N) is 3. The van der Waals surface area contributed by atoms with Gasteiger partial charge in [0.2, 0.25) is 0 Å². The Morgan fingerprint density at radius 1 is 1.38 bits per heavy atom. The zero-order valence-corrected chi connectivity index (χ0v) is 19.6. The number of aliphatic hydroxyl groups is 1. The van der Waals surface area contributed by atoms with Gasteiger partial charge in [0.15, 0.2) is 0 Å². The van der Waals surface area contributed by atoms with E-state index in [-0.39, 0.29) is 24.8 Å². The van der Waals surface area contributed by atoms with Gasteiger partial charge in [-0.3, -0.25) is 0 Å². The van der Waals surface area contributed by atoms with Crippen LogP contribution < -0.4 is 5.32 Å². The number of fused-ring (bicyclic) bond motifs is 1. The van der Waals surface area contributed by atoms with Gasteiger partial charge in [0, 0.05) is 25.8 Å². The van der Waals surface area contributed by atoms with Crippen LogP contribution in [-0.4, -0.2) is 51.9 Å². The third kappa shape index (κ3) is 5.52. The molecule has 1 saturated heterocycles. The molecule has 0 saturated carbocycles. The van der Waals surface area contributed by atoms with Crippen molar-refractivity contribution in [2.45, 2.75) is 51.3 Å². The van der Waals surface area contributed by atoms with Crippen molar-refractivity contribution in [1.29, 1.82) is 0 Å². The lowest BCUT2D eigenvalue weighted by Crippen LogP contribution is -2.44. The van der Waals surface area contributed by atoms with Crippen LogP contribution in [0, 0.1) is 5.92 Å². The molecule has 7 nitrogen and oxygen atoms in total. The maximum absolute atomic E-state index is 12.9. The lowest BCUT2D eigenvalue weighted by molar-refractivity contribution is -0.0377. The fraction of sp³-hybridized carbons (Fsp3) is 0.522. The molecule has 2 N–H and O–H groups in total. The predicted molar refractivity (Wildman–Crippen MR) is 123 cm³/mol. The number of urea groups is 1. The van der Waals surface area contributed by atoms with Gasteiger partial charge < -0.3 is 20.1 Å².